The summed E-state index contributed by atoms with van der Waals surface area (Å²) in [4.78, 5) is 13.0. The van der Waals surface area contributed by atoms with Crippen molar-refractivity contribution in [2.24, 2.45) is 0 Å². The van der Waals surface area contributed by atoms with Crippen LogP contribution in [-0.2, 0) is 56.0 Å². The van der Waals surface area contributed by atoms with Gasteiger partial charge in [0.2, 0.25) is 15.7 Å². The number of rotatable bonds is 18. The highest BCUT2D eigenvalue weighted by molar-refractivity contribution is 7.89. The topological polar surface area (TPSA) is 224 Å². The predicted octanol–water partition coefficient (Wildman–Crippen LogP) is 4.65. The van der Waals surface area contributed by atoms with Gasteiger partial charge in [-0.15, -0.1) is 0 Å². The van der Waals surface area contributed by atoms with E-state index in [1.165, 1.54) is 42.5 Å². The van der Waals surface area contributed by atoms with Crippen LogP contribution < -0.4 is 4.90 Å². The summed E-state index contributed by atoms with van der Waals surface area (Å²) in [5, 5.41) is 0. The maximum atomic E-state index is 13.5. The molecule has 0 atom stereocenters. The first-order valence-corrected chi connectivity index (χ1v) is 23.9. The third-order valence-electron chi connectivity index (χ3n) is 10.0. The van der Waals surface area contributed by atoms with Gasteiger partial charge in [-0.25, -0.2) is 12.7 Å². The number of carbonyl (C=O) groups is 1. The van der Waals surface area contributed by atoms with Gasteiger partial charge in [-0.05, 0) is 75.6 Å². The first kappa shape index (κ1) is 45.1. The summed E-state index contributed by atoms with van der Waals surface area (Å²) in [6.45, 7) is 9.51. The monoisotopic (exact) mass is 856 g/mol. The van der Waals surface area contributed by atoms with E-state index in [4.69, 9.17) is 0 Å². The molecule has 2 aromatic carbocycles. The van der Waals surface area contributed by atoms with Gasteiger partial charge in [0.1, 0.15) is 12.3 Å². The van der Waals surface area contributed by atoms with Crippen LogP contribution in [0.5, 0.6) is 0 Å². The molecule has 2 heterocycles. The molecule has 0 radical (unpaired) electrons. The summed E-state index contributed by atoms with van der Waals surface area (Å²) in [5.74, 6) is -1.00. The molecule has 0 unspecified atom stereocenters. The number of anilines is 1. The molecule has 56 heavy (non-hydrogen) atoms. The van der Waals surface area contributed by atoms with Crippen LogP contribution in [0.4, 0.5) is 11.4 Å². The number of nitrogens with zero attached hydrogens (tertiary/aromatic N) is 3. The molecule has 0 aliphatic carbocycles. The number of ketones is 1. The van der Waals surface area contributed by atoms with Gasteiger partial charge in [-0.3, -0.25) is 13.7 Å². The number of carbonyl (C=O) groups excluding carboxylic acids is 1. The van der Waals surface area contributed by atoms with Crippen molar-refractivity contribution in [3.8, 4) is 0 Å². The SMILES string of the molecule is CC(=O)CCCN(C)S(=O)(=O)c1ccc2c(c1)C(C)(C)C(/C=C/C=C/C=C1/N(CCCS(=O)(=O)O)c3ccc(S(=O)(=O)O)cc3C1(C)C)=[N+]2CCCS(=O)(=O)O. The van der Waals surface area contributed by atoms with Crippen molar-refractivity contribution in [2.45, 2.75) is 80.9 Å². The van der Waals surface area contributed by atoms with Gasteiger partial charge in [-0.2, -0.15) is 29.8 Å². The van der Waals surface area contributed by atoms with Gasteiger partial charge >= 0.3 is 0 Å². The smallest absolute Gasteiger partial charge is 0.294 e. The quantitative estimate of drug-likeness (QED) is 0.106. The molecular weight excluding hydrogens is 807 g/mol. The van der Waals surface area contributed by atoms with Crippen molar-refractivity contribution in [1.82, 2.24) is 4.31 Å². The third kappa shape index (κ3) is 10.5. The molecule has 0 aromatic heterocycles. The highest BCUT2D eigenvalue weighted by atomic mass is 32.2. The Kier molecular flexibility index (Phi) is 13.5. The fourth-order valence-electron chi connectivity index (χ4n) is 7.13. The summed E-state index contributed by atoms with van der Waals surface area (Å²) >= 11 is 0. The second-order valence-electron chi connectivity index (χ2n) is 15.0. The lowest BCUT2D eigenvalue weighted by Gasteiger charge is -2.27. The lowest BCUT2D eigenvalue weighted by molar-refractivity contribution is -0.437. The van der Waals surface area contributed by atoms with Crippen LogP contribution in [-0.4, -0.2) is 106 Å². The zero-order chi connectivity index (χ0) is 42.1. The highest BCUT2D eigenvalue weighted by Crippen LogP contribution is 2.48. The zero-order valence-corrected chi connectivity index (χ0v) is 35.5. The fourth-order valence-corrected chi connectivity index (χ4v) is 9.86. The summed E-state index contributed by atoms with van der Waals surface area (Å²) in [6, 6.07) is 8.94. The maximum absolute atomic E-state index is 13.5. The standard InChI is InChI=1S/C37H49N3O12S4/c1-27(41)13-10-20-38(6)55(48,49)28-16-18-32-30(25-28)36(2,3)34(39(32)21-11-23-53(42,43)44)14-8-7-9-15-35-37(4,5)31-26-29(56(50,51)52)17-19-33(31)40(35)22-12-24-54(45,46)47/h7-9,14-19,25-26H,10-13,20-24H2,1-6H3,(H2-,42,43,44,45,46,47,50,51,52)/p+1. The van der Waals surface area contributed by atoms with Crippen molar-refractivity contribution in [3.63, 3.8) is 0 Å². The lowest BCUT2D eigenvalue weighted by Crippen LogP contribution is -2.29. The number of allylic oxidation sites excluding steroid dienone is 6. The molecule has 4 rings (SSSR count). The van der Waals surface area contributed by atoms with Crippen LogP contribution in [0.15, 0.2) is 82.3 Å². The van der Waals surface area contributed by atoms with Crippen molar-refractivity contribution < 1.29 is 56.7 Å². The minimum absolute atomic E-state index is 0.0349. The lowest BCUT2D eigenvalue weighted by atomic mass is 9.81. The van der Waals surface area contributed by atoms with E-state index in [0.717, 1.165) is 5.71 Å². The van der Waals surface area contributed by atoms with Gasteiger partial charge in [0.25, 0.3) is 30.4 Å². The maximum Gasteiger partial charge on any atom is 0.294 e. The molecule has 2 aliphatic heterocycles. The largest absolute Gasteiger partial charge is 0.344 e. The molecular formula is C37H50N3O12S4+. The van der Waals surface area contributed by atoms with Gasteiger partial charge < -0.3 is 9.69 Å². The van der Waals surface area contributed by atoms with E-state index in [9.17, 15) is 52.1 Å². The van der Waals surface area contributed by atoms with E-state index in [2.05, 4.69) is 0 Å². The minimum atomic E-state index is -4.51. The molecule has 15 nitrogen and oxygen atoms in total. The number of sulfonamides is 1. The number of fused-ring (bicyclic) bond motifs is 2. The van der Waals surface area contributed by atoms with Crippen molar-refractivity contribution in [2.75, 3.05) is 43.1 Å². The molecule has 0 amide bonds. The Morgan fingerprint density at radius 1 is 0.786 bits per heavy atom. The van der Waals surface area contributed by atoms with Crippen LogP contribution >= 0.6 is 0 Å². The second kappa shape index (κ2) is 16.7. The van der Waals surface area contributed by atoms with Crippen LogP contribution in [0.3, 0.4) is 0 Å². The Bertz CT molecular complexity index is 2450. The molecule has 308 valence electrons. The Morgan fingerprint density at radius 2 is 1.39 bits per heavy atom. The average Bonchev–Trinajstić information content (AvgIpc) is 3.40. The Balaban J connectivity index is 1.70. The van der Waals surface area contributed by atoms with E-state index < -0.39 is 62.7 Å². The number of hydrogen-bond acceptors (Lipinski definition) is 10. The molecule has 0 saturated carbocycles. The van der Waals surface area contributed by atoms with Gasteiger partial charge in [0.05, 0.1) is 26.7 Å². The van der Waals surface area contributed by atoms with E-state index in [1.54, 1.807) is 36.4 Å². The molecule has 2 aliphatic rings. The van der Waals surface area contributed by atoms with Gasteiger partial charge in [0, 0.05) is 67.5 Å². The summed E-state index contributed by atoms with van der Waals surface area (Å²) < 4.78 is 129. The zero-order valence-electron chi connectivity index (χ0n) is 32.2. The van der Waals surface area contributed by atoms with Crippen molar-refractivity contribution in [3.05, 3.63) is 83.6 Å². The molecule has 0 spiro atoms. The Morgan fingerprint density at radius 3 is 2.00 bits per heavy atom. The van der Waals surface area contributed by atoms with E-state index in [-0.39, 0.29) is 54.5 Å². The van der Waals surface area contributed by atoms with Gasteiger partial charge in [0.15, 0.2) is 5.71 Å². The molecule has 0 saturated heterocycles. The predicted molar refractivity (Wildman–Crippen MR) is 214 cm³/mol. The second-order valence-corrected chi connectivity index (χ2v) is 21.6. The molecule has 2 aromatic rings. The van der Waals surface area contributed by atoms with Gasteiger partial charge in [-0.1, -0.05) is 32.1 Å². The van der Waals surface area contributed by atoms with Crippen molar-refractivity contribution >= 4 is 63.2 Å². The van der Waals surface area contributed by atoms with Crippen LogP contribution in [0.25, 0.3) is 0 Å². The molecule has 0 fully saturated rings. The Labute approximate surface area is 330 Å². The highest BCUT2D eigenvalue weighted by Gasteiger charge is 2.45. The first-order valence-electron chi connectivity index (χ1n) is 17.8. The molecule has 0 bridgehead atoms. The van der Waals surface area contributed by atoms with E-state index in [1.807, 2.05) is 43.2 Å². The van der Waals surface area contributed by atoms with E-state index in [0.29, 0.717) is 34.6 Å². The fraction of sp³-hybridized carbons (Fsp3) is 0.459. The van der Waals surface area contributed by atoms with Crippen molar-refractivity contribution in [1.29, 1.82) is 0 Å². The normalized spacial score (nSPS) is 17.8. The summed E-state index contributed by atoms with van der Waals surface area (Å²) in [6.07, 6.45) is 9.62. The minimum Gasteiger partial charge on any atom is -0.344 e. The summed E-state index contributed by atoms with van der Waals surface area (Å²) in [5.41, 5.74) is 2.40. The Hall–Kier alpha value is -3.56. The first-order chi connectivity index (χ1) is 25.7. The third-order valence-corrected chi connectivity index (χ3v) is 14.3. The van der Waals surface area contributed by atoms with Crippen LogP contribution in [0, 0.1) is 0 Å². The van der Waals surface area contributed by atoms with E-state index >= 15 is 0 Å². The summed E-state index contributed by atoms with van der Waals surface area (Å²) in [7, 11) is -15.4. The molecule has 19 heteroatoms. The van der Waals surface area contributed by atoms with Crippen LogP contribution in [0.2, 0.25) is 0 Å². The molecule has 3 N–H and O–H groups in total. The number of benzene rings is 2. The number of hydrogen-bond donors (Lipinski definition) is 3. The average molecular weight is 857 g/mol. The van der Waals surface area contributed by atoms with Crippen LogP contribution in [0.1, 0.15) is 71.4 Å². The number of Topliss-reactive ketones (excluding diaryl/α,β-unsaturated/α-hetero) is 1.